The van der Waals surface area contributed by atoms with Crippen LogP contribution in [0.15, 0.2) is 51.8 Å². The maximum atomic E-state index is 12.2. The van der Waals surface area contributed by atoms with E-state index in [-0.39, 0.29) is 11.9 Å². The van der Waals surface area contributed by atoms with Gasteiger partial charge in [-0.2, -0.15) is 0 Å². The van der Waals surface area contributed by atoms with Crippen LogP contribution in [0.4, 0.5) is 0 Å². The molecule has 0 aliphatic carbocycles. The van der Waals surface area contributed by atoms with Crippen molar-refractivity contribution < 1.29 is 14.3 Å². The monoisotopic (exact) mass is 421 g/mol. The third-order valence-electron chi connectivity index (χ3n) is 3.84. The fourth-order valence-corrected chi connectivity index (χ4v) is 3.50. The number of halogens is 1. The molecule has 0 bridgehead atoms. The van der Waals surface area contributed by atoms with Gasteiger partial charge < -0.3 is 14.8 Å². The van der Waals surface area contributed by atoms with Crippen LogP contribution in [0.5, 0.6) is 11.5 Å². The number of fused-ring (bicyclic) bond motifs is 1. The lowest BCUT2D eigenvalue weighted by Crippen LogP contribution is -2.28. The van der Waals surface area contributed by atoms with E-state index in [1.807, 2.05) is 49.4 Å². The summed E-state index contributed by atoms with van der Waals surface area (Å²) in [5.41, 5.74) is 1.08. The van der Waals surface area contributed by atoms with Crippen molar-refractivity contribution in [3.8, 4) is 11.5 Å². The van der Waals surface area contributed by atoms with E-state index >= 15 is 0 Å². The molecule has 1 unspecified atom stereocenters. The van der Waals surface area contributed by atoms with Gasteiger partial charge in [0.1, 0.15) is 0 Å². The molecule has 0 saturated carbocycles. The first-order chi connectivity index (χ1) is 12.1. The Bertz CT molecular complexity index is 736. The summed E-state index contributed by atoms with van der Waals surface area (Å²) in [4.78, 5) is 13.2. The van der Waals surface area contributed by atoms with Crippen LogP contribution in [-0.2, 0) is 4.79 Å². The zero-order valence-electron chi connectivity index (χ0n) is 14.0. The van der Waals surface area contributed by atoms with E-state index < -0.39 is 0 Å². The van der Waals surface area contributed by atoms with E-state index in [1.54, 1.807) is 0 Å². The minimum absolute atomic E-state index is 0.00697. The molecule has 132 valence electrons. The summed E-state index contributed by atoms with van der Waals surface area (Å²) in [6.07, 6.45) is 0.882. The highest BCUT2D eigenvalue weighted by molar-refractivity contribution is 9.10. The number of hydrogen-bond donors (Lipinski definition) is 1. The van der Waals surface area contributed by atoms with Crippen LogP contribution in [0, 0.1) is 0 Å². The van der Waals surface area contributed by atoms with E-state index in [1.165, 1.54) is 11.8 Å². The smallest absolute Gasteiger partial charge is 0.230 e. The van der Waals surface area contributed by atoms with Crippen LogP contribution in [0.25, 0.3) is 0 Å². The summed E-state index contributed by atoms with van der Waals surface area (Å²) in [7, 11) is 0. The van der Waals surface area contributed by atoms with Crippen molar-refractivity contribution in [2.24, 2.45) is 0 Å². The molecular weight excluding hydrogens is 402 g/mol. The number of thioether (sulfide) groups is 1. The highest BCUT2D eigenvalue weighted by Crippen LogP contribution is 2.33. The molecule has 1 amide bonds. The van der Waals surface area contributed by atoms with Crippen molar-refractivity contribution in [1.29, 1.82) is 0 Å². The molecular formula is C19H20BrNO3S. The molecule has 1 aliphatic rings. The molecule has 0 saturated heterocycles. The Hall–Kier alpha value is -1.66. The number of benzene rings is 2. The fraction of sp³-hybridized carbons (Fsp3) is 0.316. The quantitative estimate of drug-likeness (QED) is 0.717. The van der Waals surface area contributed by atoms with E-state index in [0.717, 1.165) is 32.9 Å². The summed E-state index contributed by atoms with van der Waals surface area (Å²) in [6, 6.07) is 13.8. The Morgan fingerprint density at radius 2 is 1.88 bits per heavy atom. The Balaban J connectivity index is 1.53. The molecule has 4 nitrogen and oxygen atoms in total. The summed E-state index contributed by atoms with van der Waals surface area (Å²) < 4.78 is 12.3. The minimum atomic E-state index is -0.0232. The third kappa shape index (κ3) is 5.16. The second-order valence-electron chi connectivity index (χ2n) is 5.79. The molecule has 25 heavy (non-hydrogen) atoms. The van der Waals surface area contributed by atoms with Crippen LogP contribution < -0.4 is 14.8 Å². The molecule has 1 heterocycles. The summed E-state index contributed by atoms with van der Waals surface area (Å²) in [5.74, 6) is 1.90. The van der Waals surface area contributed by atoms with Gasteiger partial charge in [0.15, 0.2) is 11.5 Å². The van der Waals surface area contributed by atoms with Crippen LogP contribution in [0.3, 0.4) is 0 Å². The van der Waals surface area contributed by atoms with Crippen LogP contribution >= 0.6 is 27.7 Å². The second-order valence-corrected chi connectivity index (χ2v) is 7.75. The number of nitrogens with one attached hydrogen (secondary N) is 1. The predicted molar refractivity (Wildman–Crippen MR) is 103 cm³/mol. The Morgan fingerprint density at radius 3 is 2.64 bits per heavy atom. The molecule has 3 rings (SSSR count). The maximum absolute atomic E-state index is 12.2. The lowest BCUT2D eigenvalue weighted by Gasteiger charge is -2.14. The largest absolute Gasteiger partial charge is 0.490 e. The number of carbonyl (C=O) groups excluding carboxylic acids is 1. The number of rotatable bonds is 5. The molecule has 0 radical (unpaired) electrons. The fourth-order valence-electron chi connectivity index (χ4n) is 2.50. The zero-order valence-corrected chi connectivity index (χ0v) is 16.4. The number of ether oxygens (including phenoxy) is 2. The first-order valence-corrected chi connectivity index (χ1v) is 9.97. The van der Waals surface area contributed by atoms with Gasteiger partial charge in [-0.15, -0.1) is 11.8 Å². The molecule has 1 atom stereocenters. The zero-order chi connectivity index (χ0) is 17.6. The first-order valence-electron chi connectivity index (χ1n) is 8.19. The second kappa shape index (κ2) is 8.63. The van der Waals surface area contributed by atoms with Gasteiger partial charge in [-0.3, -0.25) is 4.79 Å². The molecule has 2 aromatic rings. The summed E-state index contributed by atoms with van der Waals surface area (Å²) in [6.45, 7) is 3.32. The highest BCUT2D eigenvalue weighted by atomic mass is 79.9. The van der Waals surface area contributed by atoms with Crippen LogP contribution in [0.2, 0.25) is 0 Å². The number of hydrogen-bond acceptors (Lipinski definition) is 4. The molecule has 1 N–H and O–H groups in total. The van der Waals surface area contributed by atoms with Crippen LogP contribution in [0.1, 0.15) is 24.9 Å². The van der Waals surface area contributed by atoms with Crippen molar-refractivity contribution in [3.05, 3.63) is 52.5 Å². The van der Waals surface area contributed by atoms with Gasteiger partial charge >= 0.3 is 0 Å². The Morgan fingerprint density at radius 1 is 1.16 bits per heavy atom. The molecule has 6 heteroatoms. The van der Waals surface area contributed by atoms with E-state index in [0.29, 0.717) is 19.0 Å². The first kappa shape index (κ1) is 18.1. The average Bonchev–Trinajstić information content (AvgIpc) is 2.85. The van der Waals surface area contributed by atoms with Crippen molar-refractivity contribution >= 4 is 33.6 Å². The molecule has 1 aliphatic heterocycles. The maximum Gasteiger partial charge on any atom is 0.230 e. The normalized spacial score (nSPS) is 14.5. The van der Waals surface area contributed by atoms with Crippen molar-refractivity contribution in [1.82, 2.24) is 5.32 Å². The van der Waals surface area contributed by atoms with Gasteiger partial charge in [0.25, 0.3) is 0 Å². The SMILES string of the molecule is CC(NC(=O)CSc1ccc2c(c1)OCCCO2)c1ccc(Br)cc1. The number of amides is 1. The van der Waals surface area contributed by atoms with Gasteiger partial charge in [-0.1, -0.05) is 28.1 Å². The highest BCUT2D eigenvalue weighted by Gasteiger charge is 2.13. The van der Waals surface area contributed by atoms with Crippen molar-refractivity contribution in [3.63, 3.8) is 0 Å². The Kier molecular flexibility index (Phi) is 6.26. The van der Waals surface area contributed by atoms with Gasteiger partial charge in [0.05, 0.1) is 25.0 Å². The van der Waals surface area contributed by atoms with E-state index in [4.69, 9.17) is 9.47 Å². The summed E-state index contributed by atoms with van der Waals surface area (Å²) in [5, 5.41) is 3.03. The Labute approximate surface area is 160 Å². The van der Waals surface area contributed by atoms with Crippen molar-refractivity contribution in [2.45, 2.75) is 24.3 Å². The van der Waals surface area contributed by atoms with Crippen LogP contribution in [-0.4, -0.2) is 24.9 Å². The third-order valence-corrected chi connectivity index (χ3v) is 5.36. The van der Waals surface area contributed by atoms with Gasteiger partial charge in [-0.25, -0.2) is 0 Å². The molecule has 0 fully saturated rings. The molecule has 2 aromatic carbocycles. The van der Waals surface area contributed by atoms with Gasteiger partial charge in [-0.05, 0) is 42.8 Å². The lowest BCUT2D eigenvalue weighted by atomic mass is 10.1. The minimum Gasteiger partial charge on any atom is -0.490 e. The van der Waals surface area contributed by atoms with Gasteiger partial charge in [0, 0.05) is 15.8 Å². The number of carbonyl (C=O) groups is 1. The molecule has 0 aromatic heterocycles. The summed E-state index contributed by atoms with van der Waals surface area (Å²) >= 11 is 4.91. The molecule has 0 spiro atoms. The standard InChI is InChI=1S/C19H20BrNO3S/c1-13(14-3-5-15(20)6-4-14)21-19(22)12-25-16-7-8-17-18(11-16)24-10-2-9-23-17/h3-8,11,13H,2,9-10,12H2,1H3,(H,21,22). The topological polar surface area (TPSA) is 47.6 Å². The van der Waals surface area contributed by atoms with Gasteiger partial charge in [0.2, 0.25) is 5.91 Å². The predicted octanol–water partition coefficient (Wildman–Crippen LogP) is 4.58. The average molecular weight is 422 g/mol. The van der Waals surface area contributed by atoms with E-state index in [2.05, 4.69) is 21.2 Å². The van der Waals surface area contributed by atoms with Crippen molar-refractivity contribution in [2.75, 3.05) is 19.0 Å². The lowest BCUT2D eigenvalue weighted by molar-refractivity contribution is -0.119. The van der Waals surface area contributed by atoms with E-state index in [9.17, 15) is 4.79 Å².